The minimum atomic E-state index is -4.38. The summed E-state index contributed by atoms with van der Waals surface area (Å²) in [6.07, 6.45) is -4.83. The Bertz CT molecular complexity index is 871. The number of halogens is 3. The fourth-order valence-electron chi connectivity index (χ4n) is 3.47. The molecule has 2 aromatic rings. The molecule has 5 nitrogen and oxygen atoms in total. The number of methoxy groups -OCH3 is 1. The van der Waals surface area contributed by atoms with Gasteiger partial charge in [-0.3, -0.25) is 4.99 Å². The number of hydrogen-bond acceptors (Lipinski definition) is 3. The van der Waals surface area contributed by atoms with Crippen LogP contribution < -0.4 is 5.32 Å². The van der Waals surface area contributed by atoms with Gasteiger partial charge >= 0.3 is 6.18 Å². The molecular formula is C22H26F3N3O2. The number of morpholine rings is 1. The summed E-state index contributed by atoms with van der Waals surface area (Å²) in [6.45, 7) is 2.56. The third kappa shape index (κ3) is 5.73. The van der Waals surface area contributed by atoms with Gasteiger partial charge in [-0.05, 0) is 28.8 Å². The van der Waals surface area contributed by atoms with Crippen molar-refractivity contribution in [1.29, 1.82) is 0 Å². The third-order valence-corrected chi connectivity index (χ3v) is 4.92. The van der Waals surface area contributed by atoms with Crippen LogP contribution in [0.3, 0.4) is 0 Å². The lowest BCUT2D eigenvalue weighted by atomic mass is 10.0. The first-order valence-corrected chi connectivity index (χ1v) is 9.72. The zero-order valence-electron chi connectivity index (χ0n) is 17.1. The fourth-order valence-corrected chi connectivity index (χ4v) is 3.47. The van der Waals surface area contributed by atoms with Crippen molar-refractivity contribution in [3.8, 4) is 0 Å². The van der Waals surface area contributed by atoms with Crippen LogP contribution in [-0.2, 0) is 28.8 Å². The Balaban J connectivity index is 1.66. The molecule has 0 spiro atoms. The van der Waals surface area contributed by atoms with E-state index in [0.717, 1.165) is 23.3 Å². The van der Waals surface area contributed by atoms with Crippen molar-refractivity contribution in [3.63, 3.8) is 0 Å². The van der Waals surface area contributed by atoms with Gasteiger partial charge in [0.2, 0.25) is 0 Å². The molecule has 162 valence electrons. The van der Waals surface area contributed by atoms with E-state index < -0.39 is 17.8 Å². The predicted octanol–water partition coefficient (Wildman–Crippen LogP) is 4.00. The molecule has 1 saturated heterocycles. The van der Waals surface area contributed by atoms with E-state index in [4.69, 9.17) is 9.47 Å². The number of hydrogen-bond donors (Lipinski definition) is 1. The first-order valence-electron chi connectivity index (χ1n) is 9.72. The van der Waals surface area contributed by atoms with Crippen molar-refractivity contribution in [2.75, 3.05) is 33.9 Å². The zero-order valence-corrected chi connectivity index (χ0v) is 17.1. The Hall–Kier alpha value is -2.58. The number of alkyl halides is 3. The van der Waals surface area contributed by atoms with Gasteiger partial charge in [-0.25, -0.2) is 0 Å². The molecule has 1 N–H and O–H groups in total. The maximum Gasteiger partial charge on any atom is 0.416 e. The minimum Gasteiger partial charge on any atom is -0.380 e. The van der Waals surface area contributed by atoms with Crippen molar-refractivity contribution >= 4 is 5.96 Å². The van der Waals surface area contributed by atoms with E-state index in [1.54, 1.807) is 20.2 Å². The van der Waals surface area contributed by atoms with Crippen LogP contribution in [0.25, 0.3) is 0 Å². The normalized spacial score (nSPS) is 17.8. The third-order valence-electron chi connectivity index (χ3n) is 4.92. The highest BCUT2D eigenvalue weighted by Gasteiger charge is 2.32. The molecule has 0 amide bonds. The number of aliphatic imine (C=N–C) groups is 1. The lowest BCUT2D eigenvalue weighted by Gasteiger charge is -2.35. The van der Waals surface area contributed by atoms with Crippen molar-refractivity contribution in [2.45, 2.75) is 25.4 Å². The summed E-state index contributed by atoms with van der Waals surface area (Å²) in [5.74, 6) is 0.687. The van der Waals surface area contributed by atoms with Crippen molar-refractivity contribution < 1.29 is 22.6 Å². The Morgan fingerprint density at radius 2 is 1.97 bits per heavy atom. The van der Waals surface area contributed by atoms with E-state index in [2.05, 4.69) is 16.4 Å². The van der Waals surface area contributed by atoms with E-state index in [0.29, 0.717) is 44.4 Å². The molecule has 0 bridgehead atoms. The average Bonchev–Trinajstić information content (AvgIpc) is 2.74. The summed E-state index contributed by atoms with van der Waals surface area (Å²) in [5, 5.41) is 3.33. The lowest BCUT2D eigenvalue weighted by molar-refractivity contribution is -0.137. The molecule has 1 fully saturated rings. The Morgan fingerprint density at radius 1 is 1.20 bits per heavy atom. The monoisotopic (exact) mass is 421 g/mol. The van der Waals surface area contributed by atoms with Crippen LogP contribution >= 0.6 is 0 Å². The summed E-state index contributed by atoms with van der Waals surface area (Å²) in [7, 11) is 3.35. The van der Waals surface area contributed by atoms with E-state index >= 15 is 0 Å². The summed E-state index contributed by atoms with van der Waals surface area (Å²) >= 11 is 0. The number of ether oxygens (including phenoxy) is 2. The van der Waals surface area contributed by atoms with Crippen LogP contribution in [0.5, 0.6) is 0 Å². The van der Waals surface area contributed by atoms with Crippen LogP contribution in [0.1, 0.15) is 28.4 Å². The van der Waals surface area contributed by atoms with Gasteiger partial charge in [0.1, 0.15) is 6.10 Å². The molecule has 8 heteroatoms. The summed E-state index contributed by atoms with van der Waals surface area (Å²) in [4.78, 5) is 6.35. The smallest absolute Gasteiger partial charge is 0.380 e. The fraction of sp³-hybridized carbons (Fsp3) is 0.409. The molecule has 1 aliphatic rings. The molecule has 0 saturated carbocycles. The molecule has 0 radical (unpaired) electrons. The zero-order chi connectivity index (χ0) is 21.6. The number of guanidine groups is 1. The van der Waals surface area contributed by atoms with Gasteiger partial charge in [-0.2, -0.15) is 13.2 Å². The maximum atomic E-state index is 13.0. The Kier molecular flexibility index (Phi) is 7.33. The standard InChI is InChI=1S/C22H26F3N3O2/c1-26-21(27-13-16-5-3-6-17(11-16)15-29-2)28-9-10-30-20(14-28)18-7-4-8-19(12-18)22(23,24)25/h3-8,11-12,20H,9-10,13-15H2,1-2H3,(H,26,27). The van der Waals surface area contributed by atoms with Gasteiger partial charge in [0.15, 0.2) is 5.96 Å². The molecule has 0 aromatic heterocycles. The molecule has 3 rings (SSSR count). The van der Waals surface area contributed by atoms with Crippen molar-refractivity contribution in [3.05, 3.63) is 70.8 Å². The topological polar surface area (TPSA) is 46.1 Å². The van der Waals surface area contributed by atoms with Crippen LogP contribution in [-0.4, -0.2) is 44.7 Å². The highest BCUT2D eigenvalue weighted by atomic mass is 19.4. The molecule has 2 aromatic carbocycles. The molecular weight excluding hydrogens is 395 g/mol. The summed E-state index contributed by atoms with van der Waals surface area (Å²) in [6, 6.07) is 13.4. The largest absolute Gasteiger partial charge is 0.416 e. The van der Waals surface area contributed by atoms with Gasteiger partial charge in [0.25, 0.3) is 0 Å². The van der Waals surface area contributed by atoms with Gasteiger partial charge in [-0.15, -0.1) is 0 Å². The predicted molar refractivity (Wildman–Crippen MR) is 109 cm³/mol. The summed E-state index contributed by atoms with van der Waals surface area (Å²) in [5.41, 5.74) is 2.02. The molecule has 30 heavy (non-hydrogen) atoms. The minimum absolute atomic E-state index is 0.408. The molecule has 1 aliphatic heterocycles. The van der Waals surface area contributed by atoms with Crippen LogP contribution in [0, 0.1) is 0 Å². The number of nitrogens with one attached hydrogen (secondary N) is 1. The molecule has 1 unspecified atom stereocenters. The number of benzene rings is 2. The maximum absolute atomic E-state index is 13.0. The second-order valence-corrected chi connectivity index (χ2v) is 7.08. The number of nitrogens with zero attached hydrogens (tertiary/aromatic N) is 2. The summed E-state index contributed by atoms with van der Waals surface area (Å²) < 4.78 is 50.1. The highest BCUT2D eigenvalue weighted by molar-refractivity contribution is 5.80. The SMILES string of the molecule is CN=C(NCc1cccc(COC)c1)N1CCOC(c2cccc(C(F)(F)F)c2)C1. The second-order valence-electron chi connectivity index (χ2n) is 7.08. The van der Waals surface area contributed by atoms with E-state index in [-0.39, 0.29) is 0 Å². The average molecular weight is 421 g/mol. The van der Waals surface area contributed by atoms with Crippen LogP contribution in [0.15, 0.2) is 53.5 Å². The van der Waals surface area contributed by atoms with Crippen molar-refractivity contribution in [2.24, 2.45) is 4.99 Å². The van der Waals surface area contributed by atoms with Gasteiger partial charge in [0, 0.05) is 27.2 Å². The Morgan fingerprint density at radius 3 is 2.70 bits per heavy atom. The first-order chi connectivity index (χ1) is 14.4. The van der Waals surface area contributed by atoms with Gasteiger partial charge in [0.05, 0.1) is 25.3 Å². The molecule has 1 atom stereocenters. The highest BCUT2D eigenvalue weighted by Crippen LogP contribution is 2.32. The Labute approximate surface area is 174 Å². The van der Waals surface area contributed by atoms with Crippen LogP contribution in [0.4, 0.5) is 13.2 Å². The second kappa shape index (κ2) is 9.95. The van der Waals surface area contributed by atoms with E-state index in [1.807, 2.05) is 23.1 Å². The number of rotatable bonds is 5. The van der Waals surface area contributed by atoms with E-state index in [9.17, 15) is 13.2 Å². The quantitative estimate of drug-likeness (QED) is 0.586. The lowest BCUT2D eigenvalue weighted by Crippen LogP contribution is -2.48. The van der Waals surface area contributed by atoms with Gasteiger partial charge < -0.3 is 19.7 Å². The first kappa shape index (κ1) is 22.1. The van der Waals surface area contributed by atoms with E-state index in [1.165, 1.54) is 6.07 Å². The van der Waals surface area contributed by atoms with Crippen LogP contribution in [0.2, 0.25) is 0 Å². The molecule has 1 heterocycles. The molecule has 0 aliphatic carbocycles. The van der Waals surface area contributed by atoms with Crippen molar-refractivity contribution in [1.82, 2.24) is 10.2 Å². The van der Waals surface area contributed by atoms with Gasteiger partial charge in [-0.1, -0.05) is 36.4 Å².